The van der Waals surface area contributed by atoms with Gasteiger partial charge in [-0.1, -0.05) is 12.1 Å². The van der Waals surface area contributed by atoms with Crippen molar-refractivity contribution >= 4 is 17.5 Å². The Morgan fingerprint density at radius 1 is 1.37 bits per heavy atom. The Hall–Kier alpha value is -1.81. The second-order valence-electron chi connectivity index (χ2n) is 4.45. The number of nitrogens with zero attached hydrogens (tertiary/aromatic N) is 3. The number of carbonyl (C=O) groups excluding carboxylic acids is 1. The van der Waals surface area contributed by atoms with Crippen LogP contribution in [0.5, 0.6) is 0 Å². The normalized spacial score (nSPS) is 10.5. The third-order valence-electron chi connectivity index (χ3n) is 3.00. The lowest BCUT2D eigenvalue weighted by atomic mass is 10.1. The molecular weight excluding hydrogens is 262 g/mol. The largest absolute Gasteiger partial charge is 0.337 e. The van der Waals surface area contributed by atoms with Crippen LogP contribution in [0.15, 0.2) is 36.7 Å². The van der Waals surface area contributed by atoms with Gasteiger partial charge < -0.3 is 9.47 Å². The minimum atomic E-state index is -0.0240. The number of carbonyl (C=O) groups is 1. The van der Waals surface area contributed by atoms with Gasteiger partial charge in [-0.3, -0.25) is 4.79 Å². The average molecular weight is 278 g/mol. The highest BCUT2D eigenvalue weighted by Crippen LogP contribution is 2.10. The predicted molar refractivity (Wildman–Crippen MR) is 75.0 cm³/mol. The molecule has 5 heteroatoms. The molecule has 0 aliphatic carbocycles. The number of aryl methyl sites for hydroxylation is 1. The summed E-state index contributed by atoms with van der Waals surface area (Å²) in [6, 6.07) is 7.34. The van der Waals surface area contributed by atoms with Crippen LogP contribution in [0, 0.1) is 0 Å². The first-order valence-electron chi connectivity index (χ1n) is 5.98. The van der Waals surface area contributed by atoms with Crippen LogP contribution >= 0.6 is 11.6 Å². The zero-order valence-electron chi connectivity index (χ0n) is 11.0. The minimum Gasteiger partial charge on any atom is -0.337 e. The second kappa shape index (κ2) is 5.89. The lowest BCUT2D eigenvalue weighted by molar-refractivity contribution is 0.0780. The summed E-state index contributed by atoms with van der Waals surface area (Å²) in [5.41, 5.74) is 1.66. The maximum absolute atomic E-state index is 12.2. The fourth-order valence-electron chi connectivity index (χ4n) is 1.79. The molecule has 0 spiro atoms. The van der Waals surface area contributed by atoms with Gasteiger partial charge in [0.15, 0.2) is 0 Å². The monoisotopic (exact) mass is 277 g/mol. The molecule has 2 aromatic rings. The van der Waals surface area contributed by atoms with Crippen molar-refractivity contribution in [3.63, 3.8) is 0 Å². The summed E-state index contributed by atoms with van der Waals surface area (Å²) in [5.74, 6) is 1.29. The molecular formula is C14H16ClN3O. The summed E-state index contributed by atoms with van der Waals surface area (Å²) in [6.07, 6.45) is 3.59. The third-order valence-corrected chi connectivity index (χ3v) is 3.31. The van der Waals surface area contributed by atoms with Crippen LogP contribution in [0.1, 0.15) is 21.7 Å². The highest BCUT2D eigenvalue weighted by Gasteiger charge is 2.13. The molecule has 1 heterocycles. The number of hydrogen-bond acceptors (Lipinski definition) is 2. The van der Waals surface area contributed by atoms with Crippen LogP contribution in [0.25, 0.3) is 0 Å². The Kier molecular flexibility index (Phi) is 4.22. The first-order valence-corrected chi connectivity index (χ1v) is 6.52. The smallest absolute Gasteiger partial charge is 0.254 e. The van der Waals surface area contributed by atoms with Gasteiger partial charge >= 0.3 is 0 Å². The van der Waals surface area contributed by atoms with Crippen molar-refractivity contribution in [1.29, 1.82) is 0 Å². The zero-order chi connectivity index (χ0) is 13.8. The van der Waals surface area contributed by atoms with E-state index in [1.807, 2.05) is 29.9 Å². The van der Waals surface area contributed by atoms with Gasteiger partial charge in [0, 0.05) is 37.9 Å². The predicted octanol–water partition coefficient (Wildman–Crippen LogP) is 2.43. The minimum absolute atomic E-state index is 0.0240. The van der Waals surface area contributed by atoms with E-state index in [0.29, 0.717) is 18.0 Å². The van der Waals surface area contributed by atoms with Gasteiger partial charge in [-0.2, -0.15) is 0 Å². The Morgan fingerprint density at radius 3 is 2.58 bits per heavy atom. The van der Waals surface area contributed by atoms with Crippen molar-refractivity contribution in [2.24, 2.45) is 7.05 Å². The molecule has 2 rings (SSSR count). The number of hydrogen-bond donors (Lipinski definition) is 0. The summed E-state index contributed by atoms with van der Waals surface area (Å²) in [5, 5.41) is 0. The van der Waals surface area contributed by atoms with Gasteiger partial charge in [-0.25, -0.2) is 4.98 Å². The summed E-state index contributed by atoms with van der Waals surface area (Å²) >= 11 is 5.73. The molecule has 19 heavy (non-hydrogen) atoms. The Balaban J connectivity index is 2.08. The van der Waals surface area contributed by atoms with E-state index in [4.69, 9.17) is 11.6 Å². The fourth-order valence-corrected chi connectivity index (χ4v) is 1.97. The molecule has 0 N–H and O–H groups in total. The van der Waals surface area contributed by atoms with Crippen molar-refractivity contribution < 1.29 is 4.79 Å². The molecule has 0 aliphatic heterocycles. The molecule has 100 valence electrons. The van der Waals surface area contributed by atoms with E-state index >= 15 is 0 Å². The van der Waals surface area contributed by atoms with E-state index < -0.39 is 0 Å². The van der Waals surface area contributed by atoms with E-state index in [2.05, 4.69) is 4.98 Å². The highest BCUT2D eigenvalue weighted by molar-refractivity contribution is 6.17. The van der Waals surface area contributed by atoms with E-state index in [9.17, 15) is 4.79 Å². The Labute approximate surface area is 117 Å². The molecule has 0 aliphatic rings. The number of aromatic nitrogens is 2. The number of benzene rings is 1. The number of imidazole rings is 1. The van der Waals surface area contributed by atoms with Crippen LogP contribution in [-0.2, 0) is 19.5 Å². The molecule has 0 atom stereocenters. The average Bonchev–Trinajstić information content (AvgIpc) is 2.83. The molecule has 1 aromatic heterocycles. The molecule has 0 saturated heterocycles. The van der Waals surface area contributed by atoms with E-state index in [1.165, 1.54) is 0 Å². The lowest BCUT2D eigenvalue weighted by Crippen LogP contribution is -2.27. The summed E-state index contributed by atoms with van der Waals surface area (Å²) in [7, 11) is 3.68. The van der Waals surface area contributed by atoms with Crippen molar-refractivity contribution in [2.75, 3.05) is 7.05 Å². The maximum atomic E-state index is 12.2. The zero-order valence-corrected chi connectivity index (χ0v) is 11.8. The van der Waals surface area contributed by atoms with E-state index in [0.717, 1.165) is 11.4 Å². The van der Waals surface area contributed by atoms with Crippen LogP contribution in [0.2, 0.25) is 0 Å². The Bertz CT molecular complexity index is 562. The molecule has 0 unspecified atom stereocenters. The topological polar surface area (TPSA) is 38.1 Å². The number of alkyl halides is 1. The van der Waals surface area contributed by atoms with Gasteiger partial charge in [0.25, 0.3) is 5.91 Å². The van der Waals surface area contributed by atoms with Crippen molar-refractivity contribution in [3.8, 4) is 0 Å². The summed E-state index contributed by atoms with van der Waals surface area (Å²) in [4.78, 5) is 18.1. The molecule has 0 bridgehead atoms. The Morgan fingerprint density at radius 2 is 2.05 bits per heavy atom. The molecule has 1 amide bonds. The van der Waals surface area contributed by atoms with Crippen molar-refractivity contribution in [2.45, 2.75) is 12.4 Å². The quantitative estimate of drug-likeness (QED) is 0.805. The van der Waals surface area contributed by atoms with E-state index in [1.54, 1.807) is 30.3 Å². The first-order chi connectivity index (χ1) is 9.11. The highest BCUT2D eigenvalue weighted by atomic mass is 35.5. The van der Waals surface area contributed by atoms with Gasteiger partial charge in [0.2, 0.25) is 0 Å². The van der Waals surface area contributed by atoms with Gasteiger partial charge in [0.05, 0.1) is 6.54 Å². The lowest BCUT2D eigenvalue weighted by Gasteiger charge is -2.17. The molecule has 0 saturated carbocycles. The standard InChI is InChI=1S/C14H16ClN3O/c1-17-8-7-16-13(17)10-18(2)14(19)12-5-3-11(9-15)4-6-12/h3-8H,9-10H2,1-2H3. The van der Waals surface area contributed by atoms with Crippen LogP contribution in [0.4, 0.5) is 0 Å². The van der Waals surface area contributed by atoms with Crippen LogP contribution in [0.3, 0.4) is 0 Å². The molecule has 0 radical (unpaired) electrons. The number of rotatable bonds is 4. The summed E-state index contributed by atoms with van der Waals surface area (Å²) < 4.78 is 1.90. The van der Waals surface area contributed by atoms with Crippen LogP contribution < -0.4 is 0 Å². The van der Waals surface area contributed by atoms with Gasteiger partial charge in [-0.05, 0) is 17.7 Å². The van der Waals surface area contributed by atoms with E-state index in [-0.39, 0.29) is 5.91 Å². The van der Waals surface area contributed by atoms with Gasteiger partial charge in [0.1, 0.15) is 5.82 Å². The summed E-state index contributed by atoms with van der Waals surface area (Å²) in [6.45, 7) is 0.486. The first kappa shape index (κ1) is 13.6. The van der Waals surface area contributed by atoms with Crippen LogP contribution in [-0.4, -0.2) is 27.4 Å². The maximum Gasteiger partial charge on any atom is 0.254 e. The molecule has 0 fully saturated rings. The molecule has 4 nitrogen and oxygen atoms in total. The number of amides is 1. The van der Waals surface area contributed by atoms with Crippen molar-refractivity contribution in [1.82, 2.24) is 14.5 Å². The molecule has 1 aromatic carbocycles. The fraction of sp³-hybridized carbons (Fsp3) is 0.286. The SMILES string of the molecule is CN(Cc1nccn1C)C(=O)c1ccc(CCl)cc1. The second-order valence-corrected chi connectivity index (χ2v) is 4.71. The van der Waals surface area contributed by atoms with Crippen molar-refractivity contribution in [3.05, 3.63) is 53.6 Å². The number of halogens is 1. The van der Waals surface area contributed by atoms with Gasteiger partial charge in [-0.15, -0.1) is 11.6 Å². The third kappa shape index (κ3) is 3.15.